The van der Waals surface area contributed by atoms with Crippen LogP contribution in [0.2, 0.25) is 0 Å². The van der Waals surface area contributed by atoms with Gasteiger partial charge in [-0.2, -0.15) is 0 Å². The quantitative estimate of drug-likeness (QED) is 0.166. The minimum absolute atomic E-state index is 0.151. The molecular weight excluding hydrogens is 781 g/mol. The molecule has 0 heterocycles. The van der Waals surface area contributed by atoms with Gasteiger partial charge in [-0.1, -0.05) is 226 Å². The SMILES string of the molecule is Cc1cccc2c1-c1ccccc1C2(C)C.Cc1cccc2c1-c1ccccc1C2(c1ccc2ccccc2c1C)c1ccc2ccccc2c1C.Cc1ccccc1-c1ccccc1. The van der Waals surface area contributed by atoms with Gasteiger partial charge in [0.2, 0.25) is 0 Å². The maximum atomic E-state index is 2.39. The molecule has 316 valence electrons. The summed E-state index contributed by atoms with van der Waals surface area (Å²) in [6.45, 7) is 15.9. The lowest BCUT2D eigenvalue weighted by molar-refractivity contribution is 0.660. The first kappa shape index (κ1) is 41.7. The van der Waals surface area contributed by atoms with Crippen LogP contribution in [0.4, 0.5) is 0 Å². The Morgan fingerprint density at radius 3 is 1.28 bits per heavy atom. The zero-order chi connectivity index (χ0) is 44.9. The molecule has 0 atom stereocenters. The van der Waals surface area contributed by atoms with Crippen molar-refractivity contribution in [1.29, 1.82) is 0 Å². The van der Waals surface area contributed by atoms with Crippen molar-refractivity contribution in [2.75, 3.05) is 0 Å². The van der Waals surface area contributed by atoms with Crippen molar-refractivity contribution in [3.05, 3.63) is 274 Å². The van der Waals surface area contributed by atoms with Gasteiger partial charge in [0.25, 0.3) is 0 Å². The van der Waals surface area contributed by atoms with Gasteiger partial charge in [-0.3, -0.25) is 0 Å². The normalized spacial score (nSPS) is 13.4. The molecule has 0 heteroatoms. The van der Waals surface area contributed by atoms with E-state index >= 15 is 0 Å². The third-order valence-corrected chi connectivity index (χ3v) is 14.5. The van der Waals surface area contributed by atoms with Crippen LogP contribution in [-0.2, 0) is 10.8 Å². The topological polar surface area (TPSA) is 0 Å². The summed E-state index contributed by atoms with van der Waals surface area (Å²) in [5.74, 6) is 0. The van der Waals surface area contributed by atoms with Gasteiger partial charge in [-0.15, -0.1) is 0 Å². The minimum Gasteiger partial charge on any atom is -0.0622 e. The predicted molar refractivity (Wildman–Crippen MR) is 278 cm³/mol. The second kappa shape index (κ2) is 16.7. The van der Waals surface area contributed by atoms with Gasteiger partial charge in [0.1, 0.15) is 0 Å². The predicted octanol–water partition coefficient (Wildman–Crippen LogP) is 17.2. The number of fused-ring (bicyclic) bond motifs is 8. The largest absolute Gasteiger partial charge is 0.0719 e. The molecule has 10 aromatic carbocycles. The minimum atomic E-state index is -0.389. The Bertz CT molecular complexity index is 3310. The van der Waals surface area contributed by atoms with Crippen molar-refractivity contribution >= 4 is 21.5 Å². The molecule has 0 radical (unpaired) electrons. The Labute approximate surface area is 385 Å². The molecule has 65 heavy (non-hydrogen) atoms. The summed E-state index contributed by atoms with van der Waals surface area (Å²) in [4.78, 5) is 0. The van der Waals surface area contributed by atoms with Crippen molar-refractivity contribution in [3.63, 3.8) is 0 Å². The van der Waals surface area contributed by atoms with E-state index in [0.717, 1.165) is 0 Å². The summed E-state index contributed by atoms with van der Waals surface area (Å²) < 4.78 is 0. The molecule has 0 spiro atoms. The van der Waals surface area contributed by atoms with Crippen LogP contribution in [0.5, 0.6) is 0 Å². The second-order valence-electron chi connectivity index (χ2n) is 18.6. The Morgan fingerprint density at radius 2 is 0.692 bits per heavy atom. The van der Waals surface area contributed by atoms with E-state index in [1.54, 1.807) is 0 Å². The van der Waals surface area contributed by atoms with Gasteiger partial charge in [0.05, 0.1) is 5.41 Å². The fourth-order valence-electron chi connectivity index (χ4n) is 11.4. The Morgan fingerprint density at radius 1 is 0.277 bits per heavy atom. The zero-order valence-corrected chi connectivity index (χ0v) is 38.7. The molecule has 12 rings (SSSR count). The van der Waals surface area contributed by atoms with Gasteiger partial charge < -0.3 is 0 Å². The summed E-state index contributed by atoms with van der Waals surface area (Å²) in [6, 6.07) is 77.2. The van der Waals surface area contributed by atoms with E-state index in [1.807, 2.05) is 6.07 Å². The Kier molecular flexibility index (Phi) is 10.7. The molecule has 0 nitrogen and oxygen atoms in total. The number of hydrogen-bond acceptors (Lipinski definition) is 0. The second-order valence-corrected chi connectivity index (χ2v) is 18.6. The summed E-state index contributed by atoms with van der Waals surface area (Å²) in [7, 11) is 0. The molecule has 0 aromatic heterocycles. The van der Waals surface area contributed by atoms with Crippen molar-refractivity contribution in [1.82, 2.24) is 0 Å². The Hall–Kier alpha value is -7.28. The van der Waals surface area contributed by atoms with Crippen molar-refractivity contribution in [3.8, 4) is 33.4 Å². The fourth-order valence-corrected chi connectivity index (χ4v) is 11.4. The molecule has 0 N–H and O–H groups in total. The van der Waals surface area contributed by atoms with Crippen LogP contribution in [-0.4, -0.2) is 0 Å². The molecule has 2 aliphatic rings. The van der Waals surface area contributed by atoms with E-state index < -0.39 is 0 Å². The lowest BCUT2D eigenvalue weighted by Gasteiger charge is -2.37. The highest BCUT2D eigenvalue weighted by Gasteiger charge is 2.48. The van der Waals surface area contributed by atoms with Gasteiger partial charge in [-0.25, -0.2) is 0 Å². The molecule has 0 aliphatic heterocycles. The van der Waals surface area contributed by atoms with Crippen molar-refractivity contribution in [2.45, 2.75) is 59.3 Å². The maximum Gasteiger partial charge on any atom is 0.0719 e. The van der Waals surface area contributed by atoms with E-state index in [-0.39, 0.29) is 10.8 Å². The number of hydrogen-bond donors (Lipinski definition) is 0. The third kappa shape index (κ3) is 6.83. The number of benzene rings is 10. The molecule has 0 fully saturated rings. The standard InChI is InChI=1S/C36H28.C16H16.C13H12/c1-23-11-10-18-34-35(23)30-16-8-9-17-33(30)36(34,31-21-19-26-12-4-6-14-28(26)24(31)2)32-22-20-27-13-5-7-15-29(27)25(32)3;1-11-7-6-10-14-15(11)12-8-4-5-9-13(12)16(14,2)3;1-11-7-5-6-10-13(11)12-8-3-2-4-9-12/h4-22H,1-3H3;4-10H,1-3H3;2-10H,1H3. The summed E-state index contributed by atoms with van der Waals surface area (Å²) in [5.41, 5.74) is 23.2. The van der Waals surface area contributed by atoms with Crippen LogP contribution in [0.25, 0.3) is 54.9 Å². The third-order valence-electron chi connectivity index (χ3n) is 14.5. The average molecular weight is 837 g/mol. The molecule has 0 unspecified atom stereocenters. The van der Waals surface area contributed by atoms with E-state index in [1.165, 1.54) is 116 Å². The average Bonchev–Trinajstić information content (AvgIpc) is 3.77. The molecule has 10 aromatic rings. The highest BCUT2D eigenvalue weighted by molar-refractivity contribution is 5.95. The molecule has 2 aliphatic carbocycles. The van der Waals surface area contributed by atoms with Gasteiger partial charge in [-0.05, 0) is 151 Å². The van der Waals surface area contributed by atoms with Crippen LogP contribution in [0, 0.1) is 34.6 Å². The first-order valence-electron chi connectivity index (χ1n) is 23.1. The van der Waals surface area contributed by atoms with E-state index in [2.05, 4.69) is 255 Å². The highest BCUT2D eigenvalue weighted by atomic mass is 14.5. The molecule has 0 saturated heterocycles. The van der Waals surface area contributed by atoms with Crippen molar-refractivity contribution in [2.24, 2.45) is 0 Å². The van der Waals surface area contributed by atoms with Gasteiger partial charge >= 0.3 is 0 Å². The molecular formula is C65H56. The molecule has 0 amide bonds. The van der Waals surface area contributed by atoms with Crippen LogP contribution in [0.15, 0.2) is 212 Å². The van der Waals surface area contributed by atoms with Crippen LogP contribution < -0.4 is 0 Å². The van der Waals surface area contributed by atoms with Crippen LogP contribution >= 0.6 is 0 Å². The molecule has 0 saturated carbocycles. The summed E-state index contributed by atoms with van der Waals surface area (Å²) in [6.07, 6.45) is 0. The van der Waals surface area contributed by atoms with Crippen LogP contribution in [0.3, 0.4) is 0 Å². The van der Waals surface area contributed by atoms with E-state index in [4.69, 9.17) is 0 Å². The smallest absolute Gasteiger partial charge is 0.0622 e. The van der Waals surface area contributed by atoms with Crippen LogP contribution in [0.1, 0.15) is 75.0 Å². The summed E-state index contributed by atoms with van der Waals surface area (Å²) >= 11 is 0. The van der Waals surface area contributed by atoms with Crippen molar-refractivity contribution < 1.29 is 0 Å². The number of rotatable bonds is 3. The summed E-state index contributed by atoms with van der Waals surface area (Å²) in [5, 5.41) is 5.23. The fraction of sp³-hybridized carbons (Fsp3) is 0.138. The molecule has 0 bridgehead atoms. The van der Waals surface area contributed by atoms with E-state index in [0.29, 0.717) is 0 Å². The monoisotopic (exact) mass is 836 g/mol. The zero-order valence-electron chi connectivity index (χ0n) is 38.7. The van der Waals surface area contributed by atoms with Gasteiger partial charge in [0.15, 0.2) is 0 Å². The first-order chi connectivity index (χ1) is 31.6. The number of aryl methyl sites for hydroxylation is 5. The Balaban J connectivity index is 0.000000140. The first-order valence-corrected chi connectivity index (χ1v) is 23.1. The maximum absolute atomic E-state index is 2.39. The highest BCUT2D eigenvalue weighted by Crippen LogP contribution is 2.59. The lowest BCUT2D eigenvalue weighted by Crippen LogP contribution is -2.30. The lowest BCUT2D eigenvalue weighted by atomic mass is 9.64. The van der Waals surface area contributed by atoms with E-state index in [9.17, 15) is 0 Å². The van der Waals surface area contributed by atoms with Gasteiger partial charge in [0, 0.05) is 5.41 Å².